The number of hydrogen-bond donors (Lipinski definition) is 2. The van der Waals surface area contributed by atoms with Crippen LogP contribution in [-0.4, -0.2) is 41.9 Å². The van der Waals surface area contributed by atoms with Crippen molar-refractivity contribution in [3.05, 3.63) is 88.0 Å². The maximum absolute atomic E-state index is 12.8. The molecule has 4 aliphatic carbocycles. The van der Waals surface area contributed by atoms with Crippen LogP contribution < -0.4 is 20.2 Å². The Morgan fingerprint density at radius 1 is 0.935 bits per heavy atom. The van der Waals surface area contributed by atoms with Crippen LogP contribution >= 0.6 is 11.8 Å². The molecular formula is C35H38N4O6S. The SMILES string of the molecule is CCOc1cc(/C=N\NC(=O)CSc2ccc([N+](=O)[O-])cc2)ccc1OCC(=O)Nc1ccc(C23CC4CC(CC(C4)C2)C3)cc1. The molecule has 0 unspecified atom stereocenters. The number of benzene rings is 3. The van der Waals surface area contributed by atoms with E-state index in [0.717, 1.165) is 28.3 Å². The number of nitrogens with one attached hydrogen (secondary N) is 2. The zero-order chi connectivity index (χ0) is 32.1. The summed E-state index contributed by atoms with van der Waals surface area (Å²) in [6, 6.07) is 19.6. The number of carbonyl (C=O) groups excluding carboxylic acids is 2. The normalized spacial score (nSPS) is 22.8. The number of anilines is 1. The molecule has 240 valence electrons. The van der Waals surface area contributed by atoms with Gasteiger partial charge in [0.1, 0.15) is 0 Å². The minimum atomic E-state index is -0.469. The molecule has 46 heavy (non-hydrogen) atoms. The Morgan fingerprint density at radius 3 is 2.24 bits per heavy atom. The first-order valence-corrected chi connectivity index (χ1v) is 16.8. The van der Waals surface area contributed by atoms with Gasteiger partial charge in [-0.15, -0.1) is 11.8 Å². The molecule has 0 radical (unpaired) electrons. The number of nitrogens with zero attached hydrogens (tertiary/aromatic N) is 2. The van der Waals surface area contributed by atoms with Gasteiger partial charge in [0.25, 0.3) is 11.6 Å². The van der Waals surface area contributed by atoms with Crippen molar-refractivity contribution in [2.75, 3.05) is 24.3 Å². The fraction of sp³-hybridized carbons (Fsp3) is 0.400. The molecule has 0 spiro atoms. The van der Waals surface area contributed by atoms with Gasteiger partial charge in [-0.25, -0.2) is 5.43 Å². The van der Waals surface area contributed by atoms with Gasteiger partial charge >= 0.3 is 0 Å². The third kappa shape index (κ3) is 7.52. The number of non-ortho nitro benzene ring substituents is 1. The Morgan fingerprint density at radius 2 is 1.61 bits per heavy atom. The number of nitro benzene ring substituents is 1. The Hall–Kier alpha value is -4.38. The third-order valence-corrected chi connectivity index (χ3v) is 10.3. The van der Waals surface area contributed by atoms with Crippen molar-refractivity contribution in [3.63, 3.8) is 0 Å². The molecule has 0 saturated heterocycles. The van der Waals surface area contributed by atoms with Crippen molar-refractivity contribution in [2.24, 2.45) is 22.9 Å². The molecule has 2 N–H and O–H groups in total. The molecule has 7 rings (SSSR count). The second kappa shape index (κ2) is 13.9. The van der Waals surface area contributed by atoms with Gasteiger partial charge in [-0.2, -0.15) is 5.10 Å². The number of rotatable bonds is 13. The predicted octanol–water partition coefficient (Wildman–Crippen LogP) is 6.72. The Bertz CT molecular complexity index is 1570. The summed E-state index contributed by atoms with van der Waals surface area (Å²) in [5.74, 6) is 3.06. The zero-order valence-electron chi connectivity index (χ0n) is 25.8. The number of nitro groups is 1. The maximum atomic E-state index is 12.8. The number of ether oxygens (including phenoxy) is 2. The van der Waals surface area contributed by atoms with Crippen LogP contribution in [0.15, 0.2) is 76.7 Å². The van der Waals surface area contributed by atoms with Crippen LogP contribution in [0.2, 0.25) is 0 Å². The summed E-state index contributed by atoms with van der Waals surface area (Å²) in [5.41, 5.74) is 5.65. The van der Waals surface area contributed by atoms with Crippen LogP contribution in [0.25, 0.3) is 0 Å². The van der Waals surface area contributed by atoms with Gasteiger partial charge in [-0.05, 0) is 122 Å². The highest BCUT2D eigenvalue weighted by molar-refractivity contribution is 8.00. The first-order valence-electron chi connectivity index (χ1n) is 15.8. The smallest absolute Gasteiger partial charge is 0.269 e. The van der Waals surface area contributed by atoms with E-state index < -0.39 is 4.92 Å². The highest BCUT2D eigenvalue weighted by atomic mass is 32.2. The van der Waals surface area contributed by atoms with E-state index in [4.69, 9.17) is 9.47 Å². The van der Waals surface area contributed by atoms with Crippen molar-refractivity contribution in [2.45, 2.75) is 55.8 Å². The van der Waals surface area contributed by atoms with Gasteiger partial charge in [0.05, 0.1) is 23.5 Å². The van der Waals surface area contributed by atoms with E-state index in [-0.39, 0.29) is 29.9 Å². The average Bonchev–Trinajstić information content (AvgIpc) is 3.03. The lowest BCUT2D eigenvalue weighted by Gasteiger charge is -2.57. The van der Waals surface area contributed by atoms with Crippen molar-refractivity contribution < 1.29 is 24.0 Å². The van der Waals surface area contributed by atoms with Gasteiger partial charge in [0.2, 0.25) is 5.91 Å². The van der Waals surface area contributed by atoms with Crippen molar-refractivity contribution in [1.29, 1.82) is 0 Å². The van der Waals surface area contributed by atoms with E-state index in [9.17, 15) is 19.7 Å². The molecule has 2 amide bonds. The maximum Gasteiger partial charge on any atom is 0.269 e. The summed E-state index contributed by atoms with van der Waals surface area (Å²) in [6.45, 7) is 2.08. The number of thioether (sulfide) groups is 1. The summed E-state index contributed by atoms with van der Waals surface area (Å²) < 4.78 is 11.5. The van der Waals surface area contributed by atoms with Crippen LogP contribution in [0.5, 0.6) is 11.5 Å². The van der Waals surface area contributed by atoms with Crippen LogP contribution in [0.1, 0.15) is 56.6 Å². The molecule has 3 aromatic carbocycles. The van der Waals surface area contributed by atoms with E-state index in [2.05, 4.69) is 28.0 Å². The fourth-order valence-electron chi connectivity index (χ4n) is 7.73. The number of hydrazone groups is 1. The van der Waals surface area contributed by atoms with E-state index in [1.165, 1.54) is 74.2 Å². The minimum absolute atomic E-state index is 0.00301. The number of hydrogen-bond acceptors (Lipinski definition) is 8. The molecule has 3 aromatic rings. The lowest BCUT2D eigenvalue weighted by molar-refractivity contribution is -0.384. The van der Waals surface area contributed by atoms with Crippen molar-refractivity contribution in [1.82, 2.24) is 5.43 Å². The molecular weight excluding hydrogens is 604 g/mol. The first kappa shape index (κ1) is 31.6. The quantitative estimate of drug-likeness (QED) is 0.0915. The lowest BCUT2D eigenvalue weighted by atomic mass is 9.48. The molecule has 11 heteroatoms. The van der Waals surface area contributed by atoms with Crippen molar-refractivity contribution >= 4 is 41.2 Å². The van der Waals surface area contributed by atoms with E-state index in [0.29, 0.717) is 29.1 Å². The van der Waals surface area contributed by atoms with Gasteiger partial charge < -0.3 is 14.8 Å². The molecule has 4 bridgehead atoms. The van der Waals surface area contributed by atoms with Crippen LogP contribution in [0, 0.1) is 27.9 Å². The summed E-state index contributed by atoms with van der Waals surface area (Å²) in [4.78, 5) is 36.0. The minimum Gasteiger partial charge on any atom is -0.490 e. The average molecular weight is 643 g/mol. The van der Waals surface area contributed by atoms with Gasteiger partial charge in [-0.3, -0.25) is 19.7 Å². The highest BCUT2D eigenvalue weighted by Crippen LogP contribution is 2.60. The van der Waals surface area contributed by atoms with Crippen LogP contribution in [-0.2, 0) is 15.0 Å². The largest absolute Gasteiger partial charge is 0.490 e. The molecule has 4 saturated carbocycles. The fourth-order valence-corrected chi connectivity index (χ4v) is 8.42. The van der Waals surface area contributed by atoms with Crippen molar-refractivity contribution in [3.8, 4) is 11.5 Å². The second-order valence-corrected chi connectivity index (χ2v) is 13.6. The summed E-state index contributed by atoms with van der Waals surface area (Å²) in [7, 11) is 0. The monoisotopic (exact) mass is 642 g/mol. The molecule has 4 aliphatic rings. The Labute approximate surface area is 272 Å². The molecule has 4 fully saturated rings. The Balaban J connectivity index is 0.977. The van der Waals surface area contributed by atoms with Gasteiger partial charge in [0, 0.05) is 22.7 Å². The zero-order valence-corrected chi connectivity index (χ0v) is 26.6. The summed E-state index contributed by atoms with van der Waals surface area (Å²) in [6.07, 6.45) is 9.67. The lowest BCUT2D eigenvalue weighted by Crippen LogP contribution is -2.48. The van der Waals surface area contributed by atoms with E-state index in [1.807, 2.05) is 19.1 Å². The van der Waals surface area contributed by atoms with E-state index in [1.54, 1.807) is 30.3 Å². The van der Waals surface area contributed by atoms with Crippen LogP contribution in [0.3, 0.4) is 0 Å². The topological polar surface area (TPSA) is 132 Å². The first-order chi connectivity index (χ1) is 22.3. The van der Waals surface area contributed by atoms with Crippen LogP contribution in [0.4, 0.5) is 11.4 Å². The van der Waals surface area contributed by atoms with Gasteiger partial charge in [0.15, 0.2) is 18.1 Å². The summed E-state index contributed by atoms with van der Waals surface area (Å²) >= 11 is 1.25. The second-order valence-electron chi connectivity index (χ2n) is 12.6. The number of amides is 2. The number of carbonyl (C=O) groups is 2. The molecule has 0 heterocycles. The molecule has 0 aliphatic heterocycles. The standard InChI is InChI=1S/C35H38N4O6S/c1-2-44-32-16-23(20-36-38-34(41)22-46-30-10-8-29(9-11-30)39(42)43)3-12-31(32)45-21-33(40)37-28-6-4-27(5-7-28)35-17-24-13-25(18-35)15-26(14-24)19-35/h3-12,16,20,24-26H,2,13-15,17-19,21-22H2,1H3,(H,37,40)(H,38,41)/b36-20-. The van der Waals surface area contributed by atoms with E-state index >= 15 is 0 Å². The molecule has 0 atom stereocenters. The summed E-state index contributed by atoms with van der Waals surface area (Å²) in [5, 5.41) is 17.7. The Kier molecular flexibility index (Phi) is 9.58. The molecule has 0 aromatic heterocycles. The van der Waals surface area contributed by atoms with Gasteiger partial charge in [-0.1, -0.05) is 12.1 Å². The predicted molar refractivity (Wildman–Crippen MR) is 178 cm³/mol. The molecule has 10 nitrogen and oxygen atoms in total. The highest BCUT2D eigenvalue weighted by Gasteiger charge is 2.51. The third-order valence-electron chi connectivity index (χ3n) is 9.27.